The van der Waals surface area contributed by atoms with E-state index in [-0.39, 0.29) is 16.7 Å². The van der Waals surface area contributed by atoms with Crippen LogP contribution in [0.5, 0.6) is 0 Å². The molecule has 0 amide bonds. The standard InChI is InChI=1S/C17H16FN5O2S.C5H11NO/c1-11-7-8-13(9-15(11)26(19,24)25)22-17-20-10-14(18)16(23-17)21-12-5-3-2-4-6-12;1-6-2-4-7-5-3-6/h2-10H,1H3,(H2,19,24,25)(H2,20,21,22,23);2-5H2,1H3. The van der Waals surface area contributed by atoms with Crippen LogP contribution >= 0.6 is 0 Å². The summed E-state index contributed by atoms with van der Waals surface area (Å²) in [6, 6.07) is 13.6. The molecule has 1 aliphatic rings. The molecule has 4 N–H and O–H groups in total. The fraction of sp³-hybridized carbons (Fsp3) is 0.273. The molecule has 1 fully saturated rings. The van der Waals surface area contributed by atoms with Gasteiger partial charge in [-0.05, 0) is 43.8 Å². The van der Waals surface area contributed by atoms with Crippen molar-refractivity contribution in [3.05, 3.63) is 66.1 Å². The average Bonchev–Trinajstić information content (AvgIpc) is 2.78. The smallest absolute Gasteiger partial charge is 0.238 e. The lowest BCUT2D eigenvalue weighted by Crippen LogP contribution is -2.32. The summed E-state index contributed by atoms with van der Waals surface area (Å²) in [7, 11) is -1.74. The number of rotatable bonds is 5. The summed E-state index contributed by atoms with van der Waals surface area (Å²) >= 11 is 0. The van der Waals surface area contributed by atoms with Gasteiger partial charge >= 0.3 is 0 Å². The van der Waals surface area contributed by atoms with Gasteiger partial charge in [0.05, 0.1) is 24.3 Å². The van der Waals surface area contributed by atoms with Crippen molar-refractivity contribution in [2.75, 3.05) is 44.0 Å². The molecule has 33 heavy (non-hydrogen) atoms. The molecule has 0 unspecified atom stereocenters. The van der Waals surface area contributed by atoms with Gasteiger partial charge in [-0.2, -0.15) is 4.98 Å². The Labute approximate surface area is 192 Å². The number of hydrogen-bond donors (Lipinski definition) is 3. The van der Waals surface area contributed by atoms with Gasteiger partial charge < -0.3 is 20.3 Å². The number of ether oxygens (including phenoxy) is 1. The Morgan fingerprint density at radius 3 is 2.36 bits per heavy atom. The molecule has 0 spiro atoms. The number of para-hydroxylation sites is 1. The van der Waals surface area contributed by atoms with Crippen molar-refractivity contribution in [3.63, 3.8) is 0 Å². The molecule has 11 heteroatoms. The minimum absolute atomic E-state index is 0.00696. The van der Waals surface area contributed by atoms with Gasteiger partial charge in [-0.3, -0.25) is 0 Å². The largest absolute Gasteiger partial charge is 0.379 e. The number of likely N-dealkylation sites (N-methyl/N-ethyl adjacent to an activating group) is 1. The van der Waals surface area contributed by atoms with Gasteiger partial charge in [0, 0.05) is 24.5 Å². The van der Waals surface area contributed by atoms with Gasteiger partial charge in [0.2, 0.25) is 16.0 Å². The lowest BCUT2D eigenvalue weighted by molar-refractivity contribution is 0.0503. The van der Waals surface area contributed by atoms with Crippen LogP contribution < -0.4 is 15.8 Å². The number of aryl methyl sites for hydroxylation is 1. The normalized spacial score (nSPS) is 14.2. The summed E-state index contributed by atoms with van der Waals surface area (Å²) < 4.78 is 42.3. The van der Waals surface area contributed by atoms with Crippen LogP contribution in [0.25, 0.3) is 0 Å². The maximum Gasteiger partial charge on any atom is 0.238 e. The van der Waals surface area contributed by atoms with Crippen LogP contribution in [0, 0.1) is 12.7 Å². The summed E-state index contributed by atoms with van der Waals surface area (Å²) in [5.41, 5.74) is 1.60. The molecule has 2 aromatic carbocycles. The molecule has 1 saturated heterocycles. The fourth-order valence-electron chi connectivity index (χ4n) is 2.94. The molecule has 0 aliphatic carbocycles. The molecule has 1 aromatic heterocycles. The molecule has 0 radical (unpaired) electrons. The van der Waals surface area contributed by atoms with Gasteiger partial charge in [-0.15, -0.1) is 0 Å². The Morgan fingerprint density at radius 1 is 1.06 bits per heavy atom. The van der Waals surface area contributed by atoms with Crippen molar-refractivity contribution in [2.24, 2.45) is 5.14 Å². The molecular weight excluding hydrogens is 447 g/mol. The molecule has 4 rings (SSSR count). The first-order valence-electron chi connectivity index (χ1n) is 10.2. The molecule has 0 atom stereocenters. The van der Waals surface area contributed by atoms with Crippen molar-refractivity contribution in [1.82, 2.24) is 14.9 Å². The highest BCUT2D eigenvalue weighted by atomic mass is 32.2. The minimum atomic E-state index is -3.86. The topological polar surface area (TPSA) is 122 Å². The van der Waals surface area contributed by atoms with E-state index in [1.54, 1.807) is 31.2 Å². The van der Waals surface area contributed by atoms with E-state index in [9.17, 15) is 12.8 Å². The zero-order valence-corrected chi connectivity index (χ0v) is 19.3. The highest BCUT2D eigenvalue weighted by molar-refractivity contribution is 7.89. The summed E-state index contributed by atoms with van der Waals surface area (Å²) in [5.74, 6) is -0.518. The van der Waals surface area contributed by atoms with Crippen LogP contribution in [0.3, 0.4) is 0 Å². The third-order valence-corrected chi connectivity index (χ3v) is 5.82. The van der Waals surface area contributed by atoms with Crippen LogP contribution in [0.15, 0.2) is 59.6 Å². The van der Waals surface area contributed by atoms with Gasteiger partial charge in [-0.1, -0.05) is 24.3 Å². The third-order valence-electron chi connectivity index (χ3n) is 4.77. The van der Waals surface area contributed by atoms with Crippen LogP contribution in [0.1, 0.15) is 5.56 Å². The number of morpholine rings is 1. The summed E-state index contributed by atoms with van der Waals surface area (Å²) in [6.07, 6.45) is 1.02. The molecule has 9 nitrogen and oxygen atoms in total. The molecule has 3 aromatic rings. The number of hydrogen-bond acceptors (Lipinski definition) is 8. The quantitative estimate of drug-likeness (QED) is 0.516. The zero-order chi connectivity index (χ0) is 23.8. The Balaban J connectivity index is 0.000000374. The third kappa shape index (κ3) is 7.46. The Kier molecular flexibility index (Phi) is 8.28. The van der Waals surface area contributed by atoms with Gasteiger partial charge in [0.25, 0.3) is 0 Å². The molecular formula is C22H27FN6O3S. The zero-order valence-electron chi connectivity index (χ0n) is 18.5. The monoisotopic (exact) mass is 474 g/mol. The molecule has 0 bridgehead atoms. The number of nitrogens with two attached hydrogens (primary N) is 1. The minimum Gasteiger partial charge on any atom is -0.379 e. The number of benzene rings is 2. The van der Waals surface area contributed by atoms with Crippen LogP contribution in [0.2, 0.25) is 0 Å². The Bertz CT molecular complexity index is 1170. The summed E-state index contributed by atoms with van der Waals surface area (Å²) in [4.78, 5) is 10.2. The number of anilines is 4. The lowest BCUT2D eigenvalue weighted by atomic mass is 10.2. The predicted molar refractivity (Wildman–Crippen MR) is 126 cm³/mol. The maximum atomic E-state index is 14.0. The molecule has 1 aliphatic heterocycles. The SMILES string of the molecule is CN1CCOCC1.Cc1ccc(Nc2ncc(F)c(Nc3ccccc3)n2)cc1S(N)(=O)=O. The van der Waals surface area contributed by atoms with Gasteiger partial charge in [0.1, 0.15) is 0 Å². The van der Waals surface area contributed by atoms with E-state index in [1.807, 2.05) is 18.2 Å². The van der Waals surface area contributed by atoms with Gasteiger partial charge in [-0.25, -0.2) is 22.9 Å². The van der Waals surface area contributed by atoms with Gasteiger partial charge in [0.15, 0.2) is 11.6 Å². The van der Waals surface area contributed by atoms with Crippen molar-refractivity contribution in [2.45, 2.75) is 11.8 Å². The first-order valence-corrected chi connectivity index (χ1v) is 11.8. The first kappa shape index (κ1) is 24.5. The van der Waals surface area contributed by atoms with Crippen molar-refractivity contribution in [3.8, 4) is 0 Å². The summed E-state index contributed by atoms with van der Waals surface area (Å²) in [6.45, 7) is 5.66. The van der Waals surface area contributed by atoms with E-state index in [1.165, 1.54) is 6.07 Å². The number of halogens is 1. The van der Waals surface area contributed by atoms with Crippen molar-refractivity contribution >= 4 is 33.2 Å². The highest BCUT2D eigenvalue weighted by Crippen LogP contribution is 2.23. The highest BCUT2D eigenvalue weighted by Gasteiger charge is 2.13. The van der Waals surface area contributed by atoms with Crippen LogP contribution in [-0.2, 0) is 14.8 Å². The second-order valence-corrected chi connectivity index (χ2v) is 8.98. The van der Waals surface area contributed by atoms with Crippen molar-refractivity contribution in [1.29, 1.82) is 0 Å². The predicted octanol–water partition coefficient (Wildman–Crippen LogP) is 3.01. The first-order chi connectivity index (χ1) is 15.7. The number of aromatic nitrogens is 2. The second kappa shape index (κ2) is 11.1. The van der Waals surface area contributed by atoms with E-state index in [4.69, 9.17) is 9.88 Å². The number of sulfonamides is 1. The van der Waals surface area contributed by atoms with E-state index in [0.717, 1.165) is 32.5 Å². The molecule has 176 valence electrons. The van der Waals surface area contributed by atoms with Crippen LogP contribution in [0.4, 0.5) is 27.5 Å². The van der Waals surface area contributed by atoms with E-state index in [2.05, 4.69) is 32.5 Å². The number of nitrogens with zero attached hydrogens (tertiary/aromatic N) is 3. The molecule has 0 saturated carbocycles. The fourth-order valence-corrected chi connectivity index (χ4v) is 3.75. The molecule has 2 heterocycles. The van der Waals surface area contributed by atoms with E-state index in [0.29, 0.717) is 16.9 Å². The summed E-state index contributed by atoms with van der Waals surface area (Å²) in [5, 5.41) is 10.9. The average molecular weight is 475 g/mol. The van der Waals surface area contributed by atoms with E-state index < -0.39 is 15.8 Å². The van der Waals surface area contributed by atoms with Crippen LogP contribution in [-0.4, -0.2) is 56.6 Å². The Hall–Kier alpha value is -3.12. The maximum absolute atomic E-state index is 14.0. The van der Waals surface area contributed by atoms with Crippen molar-refractivity contribution < 1.29 is 17.5 Å². The number of nitrogens with one attached hydrogen (secondary N) is 2. The second-order valence-electron chi connectivity index (χ2n) is 7.45. The lowest BCUT2D eigenvalue weighted by Gasteiger charge is -2.21. The number of primary sulfonamides is 1. The van der Waals surface area contributed by atoms with E-state index >= 15 is 0 Å². The Morgan fingerprint density at radius 2 is 1.76 bits per heavy atom.